The highest BCUT2D eigenvalue weighted by atomic mass is 32.2. The molecule has 2 aliphatic rings. The summed E-state index contributed by atoms with van der Waals surface area (Å²) in [6.07, 6.45) is 0. The molecule has 2 aliphatic heterocycles. The Morgan fingerprint density at radius 1 is 0.388 bits per heavy atom. The molecule has 0 fully saturated rings. The highest BCUT2D eigenvalue weighted by molar-refractivity contribution is 8.00. The van der Waals surface area contributed by atoms with E-state index >= 15 is 8.78 Å². The smallest absolute Gasteiger partial charge is 0.131 e. The lowest BCUT2D eigenvalue weighted by atomic mass is 9.87. The molecule has 0 radical (unpaired) electrons. The predicted octanol–water partition coefficient (Wildman–Crippen LogP) is 13.5. The van der Waals surface area contributed by atoms with Crippen molar-refractivity contribution in [2.24, 2.45) is 0 Å². The molecule has 0 saturated carbocycles. The van der Waals surface area contributed by atoms with Crippen molar-refractivity contribution in [3.8, 4) is 22.3 Å². The molecule has 49 heavy (non-hydrogen) atoms. The lowest BCUT2D eigenvalue weighted by molar-refractivity contribution is 0.631. The summed E-state index contributed by atoms with van der Waals surface area (Å²) < 4.78 is 32.3. The van der Waals surface area contributed by atoms with Gasteiger partial charge in [0, 0.05) is 41.8 Å². The number of para-hydroxylation sites is 4. The first-order valence-electron chi connectivity index (χ1n) is 16.1. The number of halogens is 2. The number of rotatable bonds is 4. The molecule has 2 nitrogen and oxygen atoms in total. The van der Waals surface area contributed by atoms with Gasteiger partial charge in [0.15, 0.2) is 0 Å². The van der Waals surface area contributed by atoms with E-state index in [0.29, 0.717) is 22.3 Å². The maximum absolute atomic E-state index is 16.1. The summed E-state index contributed by atoms with van der Waals surface area (Å²) in [5, 5.41) is 0. The van der Waals surface area contributed by atoms with Crippen LogP contribution in [0.25, 0.3) is 22.3 Å². The Labute approximate surface area is 292 Å². The molecule has 0 saturated heterocycles. The molecular weight excluding hydrogens is 647 g/mol. The summed E-state index contributed by atoms with van der Waals surface area (Å²) >= 11 is 3.45. The Morgan fingerprint density at radius 3 is 1.04 bits per heavy atom. The number of anilines is 6. The van der Waals surface area contributed by atoms with Gasteiger partial charge in [0.05, 0.1) is 34.1 Å². The summed E-state index contributed by atoms with van der Waals surface area (Å²) in [6.45, 7) is 2.00. The summed E-state index contributed by atoms with van der Waals surface area (Å²) in [6, 6.07) is 49.3. The minimum atomic E-state index is -0.336. The number of fused-ring (bicyclic) bond motifs is 4. The number of hydrogen-bond donors (Lipinski definition) is 0. The van der Waals surface area contributed by atoms with Crippen LogP contribution in [0.4, 0.5) is 42.9 Å². The van der Waals surface area contributed by atoms with Crippen LogP contribution in [0.1, 0.15) is 5.56 Å². The minimum absolute atomic E-state index is 0.336. The van der Waals surface area contributed by atoms with Gasteiger partial charge in [-0.15, -0.1) is 0 Å². The van der Waals surface area contributed by atoms with Crippen molar-refractivity contribution in [2.75, 3.05) is 9.80 Å². The largest absolute Gasteiger partial charge is 0.307 e. The quantitative estimate of drug-likeness (QED) is 0.183. The normalized spacial score (nSPS) is 13.0. The zero-order valence-electron chi connectivity index (χ0n) is 26.4. The first-order valence-corrected chi connectivity index (χ1v) is 17.7. The SMILES string of the molecule is Cc1c(-c2ccccc2F)c(N2c3ccccc3Sc3ccccc32)cc(N2c3ccccc3Sc3ccccc32)c1-c1ccccc1F. The molecule has 0 aromatic heterocycles. The summed E-state index contributed by atoms with van der Waals surface area (Å²) in [5.41, 5.74) is 8.76. The van der Waals surface area contributed by atoms with Crippen LogP contribution in [-0.4, -0.2) is 0 Å². The number of benzene rings is 7. The minimum Gasteiger partial charge on any atom is -0.307 e. The molecule has 9 rings (SSSR count). The Balaban J connectivity index is 1.46. The highest BCUT2D eigenvalue weighted by Crippen LogP contribution is 2.59. The van der Waals surface area contributed by atoms with Crippen LogP contribution in [-0.2, 0) is 0 Å². The molecule has 0 bridgehead atoms. The molecule has 7 aromatic carbocycles. The number of nitrogens with zero attached hydrogens (tertiary/aromatic N) is 2. The fraction of sp³-hybridized carbons (Fsp3) is 0.0233. The van der Waals surface area contributed by atoms with E-state index < -0.39 is 0 Å². The van der Waals surface area contributed by atoms with Crippen molar-refractivity contribution in [3.63, 3.8) is 0 Å². The van der Waals surface area contributed by atoms with Crippen molar-refractivity contribution >= 4 is 57.6 Å². The van der Waals surface area contributed by atoms with E-state index in [1.807, 2.05) is 79.7 Å². The fourth-order valence-electron chi connectivity index (χ4n) is 7.07. The molecule has 0 aliphatic carbocycles. The third kappa shape index (κ3) is 4.86. The van der Waals surface area contributed by atoms with E-state index in [4.69, 9.17) is 0 Å². The van der Waals surface area contributed by atoms with Gasteiger partial charge in [-0.25, -0.2) is 8.78 Å². The molecule has 0 unspecified atom stereocenters. The second-order valence-corrected chi connectivity index (χ2v) is 14.2. The van der Waals surface area contributed by atoms with Crippen LogP contribution < -0.4 is 9.80 Å². The maximum atomic E-state index is 16.1. The van der Waals surface area contributed by atoms with Crippen LogP contribution in [0, 0.1) is 18.6 Å². The van der Waals surface area contributed by atoms with Gasteiger partial charge in [0.2, 0.25) is 0 Å². The van der Waals surface area contributed by atoms with Gasteiger partial charge < -0.3 is 9.80 Å². The predicted molar refractivity (Wildman–Crippen MR) is 200 cm³/mol. The Kier molecular flexibility index (Phi) is 7.29. The second kappa shape index (κ2) is 12.0. The molecule has 0 spiro atoms. The Hall–Kier alpha value is -5.30. The molecule has 2 heterocycles. The van der Waals surface area contributed by atoms with Gasteiger partial charge in [-0.1, -0.05) is 108 Å². The van der Waals surface area contributed by atoms with Crippen LogP contribution in [0.5, 0.6) is 0 Å². The lowest BCUT2D eigenvalue weighted by Gasteiger charge is -2.38. The monoisotopic (exact) mass is 674 g/mol. The van der Waals surface area contributed by atoms with Gasteiger partial charge in [0.25, 0.3) is 0 Å². The summed E-state index contributed by atoms with van der Waals surface area (Å²) in [4.78, 5) is 8.90. The molecule has 0 N–H and O–H groups in total. The molecular formula is C43H28F2N2S2. The van der Waals surface area contributed by atoms with Crippen LogP contribution >= 0.6 is 23.5 Å². The van der Waals surface area contributed by atoms with Crippen molar-refractivity contribution in [3.05, 3.63) is 169 Å². The van der Waals surface area contributed by atoms with E-state index in [9.17, 15) is 0 Å². The average Bonchev–Trinajstić information content (AvgIpc) is 3.13. The molecule has 0 atom stereocenters. The van der Waals surface area contributed by atoms with E-state index in [1.54, 1.807) is 35.7 Å². The lowest BCUT2D eigenvalue weighted by Crippen LogP contribution is -2.20. The van der Waals surface area contributed by atoms with Crippen molar-refractivity contribution in [1.29, 1.82) is 0 Å². The molecule has 236 valence electrons. The van der Waals surface area contributed by atoms with Crippen molar-refractivity contribution in [2.45, 2.75) is 26.5 Å². The second-order valence-electron chi connectivity index (χ2n) is 12.0. The fourth-order valence-corrected chi connectivity index (χ4v) is 9.19. The van der Waals surface area contributed by atoms with Gasteiger partial charge in [0.1, 0.15) is 11.6 Å². The zero-order chi connectivity index (χ0) is 33.1. The van der Waals surface area contributed by atoms with E-state index in [0.717, 1.165) is 59.3 Å². The van der Waals surface area contributed by atoms with Crippen molar-refractivity contribution in [1.82, 2.24) is 0 Å². The van der Waals surface area contributed by atoms with Crippen LogP contribution in [0.3, 0.4) is 0 Å². The molecule has 6 heteroatoms. The summed E-state index contributed by atoms with van der Waals surface area (Å²) in [5.74, 6) is -0.672. The topological polar surface area (TPSA) is 6.48 Å². The third-order valence-corrected chi connectivity index (χ3v) is 11.4. The third-order valence-electron chi connectivity index (χ3n) is 9.17. The number of hydrogen-bond acceptors (Lipinski definition) is 4. The standard InChI is InChI=1S/C43H28F2N2S2/c1-27-42(28-14-2-4-16-30(28)44)36(46-32-18-6-10-22-38(32)48-39-23-11-7-19-33(39)46)26-37(43(27)29-15-3-5-17-31(29)45)47-34-20-8-12-24-40(34)49-41-25-13-9-21-35(41)47/h2-26H,1H3. The first-order chi connectivity index (χ1) is 24.1. The Morgan fingerprint density at radius 2 is 0.694 bits per heavy atom. The maximum Gasteiger partial charge on any atom is 0.131 e. The van der Waals surface area contributed by atoms with E-state index in [1.165, 1.54) is 12.1 Å². The zero-order valence-corrected chi connectivity index (χ0v) is 28.0. The Bertz CT molecular complexity index is 2170. The van der Waals surface area contributed by atoms with E-state index in [2.05, 4.69) is 64.4 Å². The van der Waals surface area contributed by atoms with Crippen molar-refractivity contribution < 1.29 is 8.78 Å². The van der Waals surface area contributed by atoms with Gasteiger partial charge >= 0.3 is 0 Å². The van der Waals surface area contributed by atoms with Crippen LogP contribution in [0.2, 0.25) is 0 Å². The van der Waals surface area contributed by atoms with Gasteiger partial charge in [-0.05, 0) is 79.2 Å². The average molecular weight is 675 g/mol. The molecule has 7 aromatic rings. The highest BCUT2D eigenvalue weighted by Gasteiger charge is 2.34. The first kappa shape index (κ1) is 29.8. The van der Waals surface area contributed by atoms with E-state index in [-0.39, 0.29) is 11.6 Å². The van der Waals surface area contributed by atoms with Gasteiger partial charge in [-0.3, -0.25) is 0 Å². The summed E-state index contributed by atoms with van der Waals surface area (Å²) in [7, 11) is 0. The van der Waals surface area contributed by atoms with Crippen LogP contribution in [0.15, 0.2) is 171 Å². The molecule has 0 amide bonds. The van der Waals surface area contributed by atoms with Gasteiger partial charge in [-0.2, -0.15) is 0 Å².